The maximum atomic E-state index is 4.42. The highest BCUT2D eigenvalue weighted by Gasteiger charge is 2.18. The van der Waals surface area contributed by atoms with Gasteiger partial charge in [-0.15, -0.1) is 0 Å². The Balaban J connectivity index is 2.00. The molecule has 1 aliphatic carbocycles. The van der Waals surface area contributed by atoms with E-state index in [1.807, 2.05) is 0 Å². The zero-order chi connectivity index (χ0) is 11.7. The lowest BCUT2D eigenvalue weighted by molar-refractivity contribution is 0.579. The van der Waals surface area contributed by atoms with Gasteiger partial charge in [0.25, 0.3) is 0 Å². The molecule has 0 unspecified atom stereocenters. The van der Waals surface area contributed by atoms with Gasteiger partial charge in [-0.05, 0) is 31.0 Å². The molecule has 0 spiro atoms. The molecule has 1 saturated carbocycles. The average Bonchev–Trinajstić information content (AvgIpc) is 2.58. The molecule has 17 heavy (non-hydrogen) atoms. The lowest BCUT2D eigenvalue weighted by Gasteiger charge is -2.12. The predicted molar refractivity (Wildman–Crippen MR) is 74.2 cm³/mol. The number of hydrogen-bond acceptors (Lipinski definition) is 1. The summed E-state index contributed by atoms with van der Waals surface area (Å²) in [6, 6.07) is 6.33. The van der Waals surface area contributed by atoms with Crippen LogP contribution in [-0.4, -0.2) is 10.2 Å². The van der Waals surface area contributed by atoms with E-state index in [4.69, 9.17) is 0 Å². The SMILES string of the molecule is Brc1ccc2n[nH]c(C3CCCCCC3)c2c1. The second kappa shape index (κ2) is 4.81. The molecular weight excluding hydrogens is 276 g/mol. The Labute approximate surface area is 110 Å². The van der Waals surface area contributed by atoms with Crippen molar-refractivity contribution in [2.24, 2.45) is 0 Å². The number of aromatic nitrogens is 2. The van der Waals surface area contributed by atoms with Crippen molar-refractivity contribution in [2.45, 2.75) is 44.4 Å². The van der Waals surface area contributed by atoms with Crippen molar-refractivity contribution >= 4 is 26.8 Å². The number of aromatic amines is 1. The highest BCUT2D eigenvalue weighted by molar-refractivity contribution is 9.10. The van der Waals surface area contributed by atoms with Crippen LogP contribution in [-0.2, 0) is 0 Å². The zero-order valence-electron chi connectivity index (χ0n) is 9.88. The van der Waals surface area contributed by atoms with Crippen molar-refractivity contribution in [3.8, 4) is 0 Å². The molecule has 0 aliphatic heterocycles. The molecule has 1 aliphatic rings. The molecule has 2 aromatic rings. The summed E-state index contributed by atoms with van der Waals surface area (Å²) in [4.78, 5) is 0. The lowest BCUT2D eigenvalue weighted by Crippen LogP contribution is -1.98. The fraction of sp³-hybridized carbons (Fsp3) is 0.500. The smallest absolute Gasteiger partial charge is 0.0924 e. The van der Waals surface area contributed by atoms with Crippen LogP contribution >= 0.6 is 15.9 Å². The van der Waals surface area contributed by atoms with Crippen LogP contribution in [0.4, 0.5) is 0 Å². The number of halogens is 1. The maximum absolute atomic E-state index is 4.42. The molecule has 0 saturated heterocycles. The van der Waals surface area contributed by atoms with E-state index in [-0.39, 0.29) is 0 Å². The molecule has 0 radical (unpaired) electrons. The van der Waals surface area contributed by atoms with Gasteiger partial charge in [0.05, 0.1) is 5.52 Å². The van der Waals surface area contributed by atoms with Gasteiger partial charge in [0.15, 0.2) is 0 Å². The monoisotopic (exact) mass is 292 g/mol. The van der Waals surface area contributed by atoms with Gasteiger partial charge in [-0.2, -0.15) is 5.10 Å². The summed E-state index contributed by atoms with van der Waals surface area (Å²) in [6.45, 7) is 0. The van der Waals surface area contributed by atoms with Crippen LogP contribution in [0.1, 0.15) is 50.1 Å². The number of H-pyrrole nitrogens is 1. The van der Waals surface area contributed by atoms with Crippen molar-refractivity contribution in [3.05, 3.63) is 28.4 Å². The molecule has 1 aromatic carbocycles. The first-order valence-electron chi connectivity index (χ1n) is 6.48. The minimum Gasteiger partial charge on any atom is -0.281 e. The molecule has 1 heterocycles. The van der Waals surface area contributed by atoms with Crippen LogP contribution in [0.2, 0.25) is 0 Å². The molecule has 1 fully saturated rings. The van der Waals surface area contributed by atoms with Crippen molar-refractivity contribution in [1.82, 2.24) is 10.2 Å². The summed E-state index contributed by atoms with van der Waals surface area (Å²) < 4.78 is 1.14. The number of benzene rings is 1. The van der Waals surface area contributed by atoms with Gasteiger partial charge < -0.3 is 0 Å². The standard InChI is InChI=1S/C14H17BrN2/c15-11-7-8-13-12(9-11)14(17-16-13)10-5-3-1-2-4-6-10/h7-10H,1-6H2,(H,16,17). The molecular formula is C14H17BrN2. The van der Waals surface area contributed by atoms with Crippen LogP contribution in [0.15, 0.2) is 22.7 Å². The lowest BCUT2D eigenvalue weighted by atomic mass is 9.94. The predicted octanol–water partition coefficient (Wildman–Crippen LogP) is 4.76. The molecule has 3 heteroatoms. The molecule has 3 rings (SSSR count). The molecule has 2 nitrogen and oxygen atoms in total. The Morgan fingerprint density at radius 3 is 2.65 bits per heavy atom. The first kappa shape index (κ1) is 11.3. The molecule has 1 N–H and O–H groups in total. The number of hydrogen-bond donors (Lipinski definition) is 1. The number of rotatable bonds is 1. The quantitative estimate of drug-likeness (QED) is 0.754. The highest BCUT2D eigenvalue weighted by atomic mass is 79.9. The van der Waals surface area contributed by atoms with Gasteiger partial charge in [-0.25, -0.2) is 0 Å². The first-order valence-corrected chi connectivity index (χ1v) is 7.27. The topological polar surface area (TPSA) is 28.7 Å². The van der Waals surface area contributed by atoms with Crippen LogP contribution in [0.25, 0.3) is 10.9 Å². The van der Waals surface area contributed by atoms with E-state index in [0.717, 1.165) is 9.99 Å². The van der Waals surface area contributed by atoms with Gasteiger partial charge in [0.2, 0.25) is 0 Å². The zero-order valence-corrected chi connectivity index (χ0v) is 11.5. The first-order chi connectivity index (χ1) is 8.34. The van der Waals surface area contributed by atoms with Gasteiger partial charge in [0, 0.05) is 21.5 Å². The van der Waals surface area contributed by atoms with Gasteiger partial charge >= 0.3 is 0 Å². The normalized spacial score (nSPS) is 18.4. The van der Waals surface area contributed by atoms with Gasteiger partial charge in [-0.3, -0.25) is 5.10 Å². The van der Waals surface area contributed by atoms with Gasteiger partial charge in [-0.1, -0.05) is 41.6 Å². The van der Waals surface area contributed by atoms with E-state index in [1.165, 1.54) is 49.6 Å². The summed E-state index contributed by atoms with van der Waals surface area (Å²) in [7, 11) is 0. The van der Waals surface area contributed by atoms with E-state index in [9.17, 15) is 0 Å². The second-order valence-corrected chi connectivity index (χ2v) is 5.90. The van der Waals surface area contributed by atoms with Crippen LogP contribution in [0.5, 0.6) is 0 Å². The Morgan fingerprint density at radius 2 is 1.88 bits per heavy atom. The summed E-state index contributed by atoms with van der Waals surface area (Å²) in [6.07, 6.45) is 8.13. The van der Waals surface area contributed by atoms with Crippen molar-refractivity contribution < 1.29 is 0 Å². The van der Waals surface area contributed by atoms with E-state index >= 15 is 0 Å². The van der Waals surface area contributed by atoms with Crippen molar-refractivity contribution in [3.63, 3.8) is 0 Å². The van der Waals surface area contributed by atoms with Crippen molar-refractivity contribution in [1.29, 1.82) is 0 Å². The summed E-state index contributed by atoms with van der Waals surface area (Å²) in [5.41, 5.74) is 2.44. The largest absolute Gasteiger partial charge is 0.281 e. The third-order valence-electron chi connectivity index (χ3n) is 3.81. The summed E-state index contributed by atoms with van der Waals surface area (Å²) in [5, 5.41) is 8.98. The molecule has 0 atom stereocenters. The Hall–Kier alpha value is -0.830. The van der Waals surface area contributed by atoms with Crippen LogP contribution in [0, 0.1) is 0 Å². The number of nitrogens with zero attached hydrogens (tertiary/aromatic N) is 1. The third-order valence-corrected chi connectivity index (χ3v) is 4.30. The Morgan fingerprint density at radius 1 is 1.12 bits per heavy atom. The third kappa shape index (κ3) is 2.25. The molecule has 0 amide bonds. The van der Waals surface area contributed by atoms with E-state index in [0.29, 0.717) is 5.92 Å². The maximum Gasteiger partial charge on any atom is 0.0924 e. The van der Waals surface area contributed by atoms with Crippen LogP contribution < -0.4 is 0 Å². The van der Waals surface area contributed by atoms with E-state index in [1.54, 1.807) is 0 Å². The molecule has 1 aromatic heterocycles. The highest BCUT2D eigenvalue weighted by Crippen LogP contribution is 2.34. The van der Waals surface area contributed by atoms with Crippen molar-refractivity contribution in [2.75, 3.05) is 0 Å². The Bertz CT molecular complexity index is 510. The molecule has 0 bridgehead atoms. The van der Waals surface area contributed by atoms with E-state index < -0.39 is 0 Å². The summed E-state index contributed by atoms with van der Waals surface area (Å²) in [5.74, 6) is 0.678. The number of nitrogens with one attached hydrogen (secondary N) is 1. The Kier molecular flexibility index (Phi) is 3.19. The fourth-order valence-corrected chi connectivity index (χ4v) is 3.24. The average molecular weight is 293 g/mol. The van der Waals surface area contributed by atoms with E-state index in [2.05, 4.69) is 44.3 Å². The van der Waals surface area contributed by atoms with Gasteiger partial charge in [0.1, 0.15) is 0 Å². The minimum atomic E-state index is 0.678. The minimum absolute atomic E-state index is 0.678. The molecule has 90 valence electrons. The fourth-order valence-electron chi connectivity index (χ4n) is 2.88. The number of fused-ring (bicyclic) bond motifs is 1. The second-order valence-electron chi connectivity index (χ2n) is 4.99. The van der Waals surface area contributed by atoms with Crippen LogP contribution in [0.3, 0.4) is 0 Å². The summed E-state index contributed by atoms with van der Waals surface area (Å²) >= 11 is 3.55.